The Balaban J connectivity index is 1.29. The van der Waals surface area contributed by atoms with Gasteiger partial charge in [-0.3, -0.25) is 29.4 Å². The number of fused-ring (bicyclic) bond motifs is 3. The van der Waals surface area contributed by atoms with Gasteiger partial charge < -0.3 is 10.6 Å². The fourth-order valence-electron chi connectivity index (χ4n) is 5.11. The van der Waals surface area contributed by atoms with E-state index in [2.05, 4.69) is 16.0 Å². The van der Waals surface area contributed by atoms with Gasteiger partial charge in [0.15, 0.2) is 0 Å². The summed E-state index contributed by atoms with van der Waals surface area (Å²) in [6.45, 7) is 0.636. The third kappa shape index (κ3) is 3.26. The number of nitrogens with one attached hydrogen (secondary N) is 3. The van der Waals surface area contributed by atoms with E-state index in [1.54, 1.807) is 12.1 Å². The number of nitrogens with zero attached hydrogens (tertiary/aromatic N) is 1. The van der Waals surface area contributed by atoms with Gasteiger partial charge >= 0.3 is 0 Å². The zero-order chi connectivity index (χ0) is 20.1. The highest BCUT2D eigenvalue weighted by molar-refractivity contribution is 6.23. The second-order valence-electron chi connectivity index (χ2n) is 8.51. The molecule has 29 heavy (non-hydrogen) atoms. The van der Waals surface area contributed by atoms with E-state index in [-0.39, 0.29) is 18.7 Å². The molecule has 4 aliphatic rings. The Morgan fingerprint density at radius 1 is 0.966 bits per heavy atom. The van der Waals surface area contributed by atoms with E-state index >= 15 is 0 Å². The number of hydrogen-bond acceptors (Lipinski definition) is 6. The molecule has 3 N–H and O–H groups in total. The number of hydrogen-bond donors (Lipinski definition) is 3. The molecule has 1 aromatic rings. The molecule has 4 atom stereocenters. The summed E-state index contributed by atoms with van der Waals surface area (Å²) in [5.41, 5.74) is 1.61. The van der Waals surface area contributed by atoms with Gasteiger partial charge in [0.25, 0.3) is 11.8 Å². The Hall–Kier alpha value is -2.58. The SMILES string of the molecule is O=C1CCC(N2C(=O)c3ccc(CNC4C[C@H]5CC[C@@H](C4)N5)cc3C2=O)C(=O)N1. The summed E-state index contributed by atoms with van der Waals surface area (Å²) in [6.07, 6.45) is 5.01. The molecular weight excluding hydrogens is 372 g/mol. The predicted molar refractivity (Wildman–Crippen MR) is 103 cm³/mol. The largest absolute Gasteiger partial charge is 0.311 e. The van der Waals surface area contributed by atoms with Crippen LogP contribution in [0.4, 0.5) is 0 Å². The first kappa shape index (κ1) is 18.4. The van der Waals surface area contributed by atoms with Crippen molar-refractivity contribution in [1.82, 2.24) is 20.9 Å². The molecule has 3 fully saturated rings. The van der Waals surface area contributed by atoms with Crippen molar-refractivity contribution < 1.29 is 19.2 Å². The molecule has 8 heteroatoms. The number of amides is 4. The van der Waals surface area contributed by atoms with Gasteiger partial charge in [0.05, 0.1) is 11.1 Å². The fourth-order valence-corrected chi connectivity index (χ4v) is 5.11. The number of rotatable bonds is 4. The van der Waals surface area contributed by atoms with Crippen LogP contribution in [0.25, 0.3) is 0 Å². The van der Waals surface area contributed by atoms with Crippen LogP contribution in [0, 0.1) is 0 Å². The zero-order valence-electron chi connectivity index (χ0n) is 16.1. The molecule has 2 bridgehead atoms. The summed E-state index contributed by atoms with van der Waals surface area (Å²) in [6, 6.07) is 6.03. The number of piperidine rings is 2. The first-order valence-electron chi connectivity index (χ1n) is 10.3. The Kier molecular flexibility index (Phi) is 4.48. The third-order valence-corrected chi connectivity index (χ3v) is 6.57. The minimum atomic E-state index is -0.924. The number of carbonyl (C=O) groups excluding carboxylic acids is 4. The van der Waals surface area contributed by atoms with Crippen LogP contribution in [0.15, 0.2) is 18.2 Å². The second-order valence-corrected chi connectivity index (χ2v) is 8.51. The summed E-state index contributed by atoms with van der Waals surface area (Å²) in [7, 11) is 0. The maximum atomic E-state index is 12.9. The van der Waals surface area contributed by atoms with Crippen molar-refractivity contribution in [3.63, 3.8) is 0 Å². The summed E-state index contributed by atoms with van der Waals surface area (Å²) in [5, 5.41) is 9.43. The Morgan fingerprint density at radius 2 is 1.69 bits per heavy atom. The molecule has 5 rings (SSSR count). The minimum Gasteiger partial charge on any atom is -0.311 e. The lowest BCUT2D eigenvalue weighted by Crippen LogP contribution is -2.54. The van der Waals surface area contributed by atoms with Crippen molar-refractivity contribution in [3.8, 4) is 0 Å². The van der Waals surface area contributed by atoms with Crippen molar-refractivity contribution in [3.05, 3.63) is 34.9 Å². The summed E-state index contributed by atoms with van der Waals surface area (Å²) >= 11 is 0. The molecule has 3 saturated heterocycles. The van der Waals surface area contributed by atoms with E-state index in [9.17, 15) is 19.2 Å². The van der Waals surface area contributed by atoms with Crippen LogP contribution >= 0.6 is 0 Å². The minimum absolute atomic E-state index is 0.122. The molecule has 0 aliphatic carbocycles. The first-order valence-corrected chi connectivity index (χ1v) is 10.3. The van der Waals surface area contributed by atoms with Crippen LogP contribution in [-0.4, -0.2) is 52.7 Å². The van der Waals surface area contributed by atoms with Crippen molar-refractivity contribution >= 4 is 23.6 Å². The summed E-state index contributed by atoms with van der Waals surface area (Å²) < 4.78 is 0. The Labute approximate surface area is 168 Å². The third-order valence-electron chi connectivity index (χ3n) is 6.57. The van der Waals surface area contributed by atoms with Crippen LogP contribution in [-0.2, 0) is 16.1 Å². The summed E-state index contributed by atoms with van der Waals surface area (Å²) in [4.78, 5) is 50.2. The van der Waals surface area contributed by atoms with Crippen LogP contribution in [0.1, 0.15) is 64.8 Å². The van der Waals surface area contributed by atoms with Gasteiger partial charge in [0, 0.05) is 31.1 Å². The average molecular weight is 396 g/mol. The highest BCUT2D eigenvalue weighted by Gasteiger charge is 2.44. The van der Waals surface area contributed by atoms with Gasteiger partial charge in [0.2, 0.25) is 11.8 Å². The molecule has 0 radical (unpaired) electrons. The topological polar surface area (TPSA) is 108 Å². The van der Waals surface area contributed by atoms with Crippen LogP contribution in [0.2, 0.25) is 0 Å². The Morgan fingerprint density at radius 3 is 2.41 bits per heavy atom. The van der Waals surface area contributed by atoms with E-state index in [0.717, 1.165) is 23.3 Å². The standard InChI is InChI=1S/C21H24N4O4/c26-18-6-5-17(19(27)24-18)25-20(28)15-4-1-11(7-16(15)21(25)29)10-22-14-8-12-2-3-13(9-14)23-12/h1,4,7,12-14,17,22-23H,2-3,5-6,8-10H2,(H,24,26,27)/t12-,13+,14?,17?. The molecule has 152 valence electrons. The lowest BCUT2D eigenvalue weighted by atomic mass is 9.99. The predicted octanol–water partition coefficient (Wildman–Crippen LogP) is 0.460. The molecule has 0 spiro atoms. The van der Waals surface area contributed by atoms with Crippen molar-refractivity contribution in [1.29, 1.82) is 0 Å². The van der Waals surface area contributed by atoms with E-state index in [0.29, 0.717) is 35.8 Å². The van der Waals surface area contributed by atoms with E-state index in [1.807, 2.05) is 6.07 Å². The van der Waals surface area contributed by atoms with Gasteiger partial charge in [-0.2, -0.15) is 0 Å². The molecule has 0 aromatic heterocycles. The molecule has 8 nitrogen and oxygen atoms in total. The van der Waals surface area contributed by atoms with E-state index < -0.39 is 23.8 Å². The highest BCUT2D eigenvalue weighted by atomic mass is 16.2. The normalized spacial score (nSPS) is 31.2. The quantitative estimate of drug-likeness (QED) is 0.639. The lowest BCUT2D eigenvalue weighted by molar-refractivity contribution is -0.136. The van der Waals surface area contributed by atoms with E-state index in [4.69, 9.17) is 0 Å². The molecule has 1 aromatic carbocycles. The van der Waals surface area contributed by atoms with Gasteiger partial charge in [-0.25, -0.2) is 0 Å². The monoisotopic (exact) mass is 396 g/mol. The number of imide groups is 2. The molecular formula is C21H24N4O4. The Bertz CT molecular complexity index is 902. The fraction of sp³-hybridized carbons (Fsp3) is 0.524. The maximum Gasteiger partial charge on any atom is 0.262 e. The number of benzene rings is 1. The molecule has 2 unspecified atom stereocenters. The first-order chi connectivity index (χ1) is 14.0. The smallest absolute Gasteiger partial charge is 0.262 e. The zero-order valence-corrected chi connectivity index (χ0v) is 16.1. The van der Waals surface area contributed by atoms with Crippen LogP contribution in [0.5, 0.6) is 0 Å². The van der Waals surface area contributed by atoms with Gasteiger partial charge in [-0.15, -0.1) is 0 Å². The van der Waals surface area contributed by atoms with Gasteiger partial charge in [-0.1, -0.05) is 6.07 Å². The van der Waals surface area contributed by atoms with Crippen molar-refractivity contribution in [2.75, 3.05) is 0 Å². The number of carbonyl (C=O) groups is 4. The second kappa shape index (κ2) is 7.03. The van der Waals surface area contributed by atoms with Crippen molar-refractivity contribution in [2.45, 2.75) is 69.2 Å². The highest BCUT2D eigenvalue weighted by Crippen LogP contribution is 2.29. The maximum absolute atomic E-state index is 12.9. The molecule has 4 heterocycles. The molecule has 4 amide bonds. The average Bonchev–Trinajstić information content (AvgIpc) is 3.17. The van der Waals surface area contributed by atoms with Crippen LogP contribution < -0.4 is 16.0 Å². The molecule has 4 aliphatic heterocycles. The lowest BCUT2D eigenvalue weighted by Gasteiger charge is -2.29. The van der Waals surface area contributed by atoms with Gasteiger partial charge in [-0.05, 0) is 49.8 Å². The van der Waals surface area contributed by atoms with Crippen molar-refractivity contribution in [2.24, 2.45) is 0 Å². The molecule has 0 saturated carbocycles. The van der Waals surface area contributed by atoms with E-state index in [1.165, 1.54) is 12.8 Å². The summed E-state index contributed by atoms with van der Waals surface area (Å²) in [5.74, 6) is -1.88. The van der Waals surface area contributed by atoms with Gasteiger partial charge in [0.1, 0.15) is 6.04 Å². The van der Waals surface area contributed by atoms with Crippen LogP contribution in [0.3, 0.4) is 0 Å².